The zero-order valence-electron chi connectivity index (χ0n) is 27.8. The van der Waals surface area contributed by atoms with E-state index in [1.165, 1.54) is 22.6 Å². The molecule has 0 radical (unpaired) electrons. The summed E-state index contributed by atoms with van der Waals surface area (Å²) in [7, 11) is 4.26. The van der Waals surface area contributed by atoms with Crippen molar-refractivity contribution >= 4 is 34.4 Å². The quantitative estimate of drug-likeness (QED) is 0.401. The number of carboxylic acid groups (broad SMARTS) is 1. The average Bonchev–Trinajstić information content (AvgIpc) is 3.69. The first kappa shape index (κ1) is 31.4. The molecule has 4 aliphatic rings. The van der Waals surface area contributed by atoms with E-state index in [-0.39, 0.29) is 12.6 Å². The largest absolute Gasteiger partial charge is 0.465 e. The minimum Gasteiger partial charge on any atom is -0.465 e. The smallest absolute Gasteiger partial charge is 0.407 e. The summed E-state index contributed by atoms with van der Waals surface area (Å²) in [6.07, 6.45) is 7.46. The van der Waals surface area contributed by atoms with Crippen LogP contribution in [0.5, 0.6) is 0 Å². The molecular weight excluding hydrogens is 596 g/mol. The number of nitriles is 1. The van der Waals surface area contributed by atoms with Gasteiger partial charge in [0.2, 0.25) is 5.95 Å². The van der Waals surface area contributed by atoms with Crippen LogP contribution in [0.15, 0.2) is 18.3 Å². The second-order valence-corrected chi connectivity index (χ2v) is 13.6. The van der Waals surface area contributed by atoms with Crippen molar-refractivity contribution in [3.05, 3.63) is 35.2 Å². The number of amides is 1. The van der Waals surface area contributed by atoms with Gasteiger partial charge in [0.25, 0.3) is 0 Å². The summed E-state index contributed by atoms with van der Waals surface area (Å²) in [6.45, 7) is 7.60. The Morgan fingerprint density at radius 2 is 1.98 bits per heavy atom. The van der Waals surface area contributed by atoms with Crippen LogP contribution in [0.4, 0.5) is 22.2 Å². The molecule has 1 unspecified atom stereocenters. The van der Waals surface area contributed by atoms with Gasteiger partial charge in [0.15, 0.2) is 6.23 Å². The van der Waals surface area contributed by atoms with Crippen LogP contribution in [0.2, 0.25) is 0 Å². The molecule has 250 valence electrons. The number of hydrogen-bond donors (Lipinski definition) is 1. The number of aromatic nitrogens is 4. The maximum Gasteiger partial charge on any atom is 0.407 e. The molecule has 3 saturated heterocycles. The van der Waals surface area contributed by atoms with E-state index in [0.29, 0.717) is 38.2 Å². The third-order valence-electron chi connectivity index (χ3n) is 10.6. The molecule has 7 rings (SSSR count). The van der Waals surface area contributed by atoms with Crippen LogP contribution in [0.25, 0.3) is 10.9 Å². The van der Waals surface area contributed by atoms with E-state index in [2.05, 4.69) is 63.5 Å². The number of nitrogens with zero attached hydrogens (tertiary/aromatic N) is 10. The number of benzene rings is 1. The number of piperazine rings is 1. The Kier molecular flexibility index (Phi) is 8.81. The summed E-state index contributed by atoms with van der Waals surface area (Å²) in [5.41, 5.74) is 5.59. The van der Waals surface area contributed by atoms with Crippen LogP contribution in [0.3, 0.4) is 0 Å². The van der Waals surface area contributed by atoms with E-state index in [1.54, 1.807) is 0 Å². The van der Waals surface area contributed by atoms with Crippen LogP contribution in [-0.4, -0.2) is 113 Å². The lowest BCUT2D eigenvalue weighted by Gasteiger charge is -2.41. The van der Waals surface area contributed by atoms with Gasteiger partial charge in [-0.25, -0.2) is 14.5 Å². The minimum absolute atomic E-state index is 0.0300. The van der Waals surface area contributed by atoms with Crippen molar-refractivity contribution in [2.75, 3.05) is 74.7 Å². The van der Waals surface area contributed by atoms with Gasteiger partial charge in [-0.2, -0.15) is 15.3 Å². The molecule has 0 bridgehead atoms. The van der Waals surface area contributed by atoms with Gasteiger partial charge in [-0.15, -0.1) is 0 Å². The van der Waals surface area contributed by atoms with Crippen molar-refractivity contribution in [3.63, 3.8) is 0 Å². The van der Waals surface area contributed by atoms with Crippen molar-refractivity contribution < 1.29 is 14.6 Å². The molecular formula is C34H46N10O3. The SMILES string of the molecule is Cc1ccc2c(cnn2C2CCCCO2)c1N1CCc2c(nc(N(C)C[C@@H]3CCCN3C)nc2N2CCN(C(=O)O)[C@@H](CC#N)C2)C1. The molecule has 13 nitrogen and oxygen atoms in total. The summed E-state index contributed by atoms with van der Waals surface area (Å²) < 4.78 is 8.15. The van der Waals surface area contributed by atoms with Crippen LogP contribution < -0.4 is 14.7 Å². The lowest BCUT2D eigenvalue weighted by atomic mass is 10.0. The molecule has 3 atom stereocenters. The standard InChI is InChI=1S/C34H46N10O3/c1-23-9-10-29-27(19-36-44(29)30-8-4-5-18-47-30)31(23)41-15-12-26-28(22-41)37-33(40(3)20-24-7-6-14-39(24)2)38-32(26)42-16-17-43(34(45)46)25(21-42)11-13-35/h9-10,19,24-25,30H,4-8,11-12,14-18,20-22H2,1-3H3,(H,45,46)/t24-,25-,30?/m0/s1. The molecule has 1 N–H and O–H groups in total. The number of rotatable bonds is 7. The van der Waals surface area contributed by atoms with Crippen LogP contribution >= 0.6 is 0 Å². The first-order valence-electron chi connectivity index (χ1n) is 17.1. The number of likely N-dealkylation sites (N-methyl/N-ethyl adjacent to an activating group) is 2. The highest BCUT2D eigenvalue weighted by Gasteiger charge is 2.35. The molecule has 13 heteroatoms. The highest BCUT2D eigenvalue weighted by molar-refractivity contribution is 5.94. The molecule has 3 fully saturated rings. The fourth-order valence-electron chi connectivity index (χ4n) is 7.99. The summed E-state index contributed by atoms with van der Waals surface area (Å²) in [6, 6.07) is 6.59. The highest BCUT2D eigenvalue weighted by Crippen LogP contribution is 2.38. The van der Waals surface area contributed by atoms with Crippen molar-refractivity contribution in [1.29, 1.82) is 5.26 Å². The zero-order valence-corrected chi connectivity index (χ0v) is 27.8. The summed E-state index contributed by atoms with van der Waals surface area (Å²) in [5.74, 6) is 1.57. The van der Waals surface area contributed by atoms with Gasteiger partial charge in [-0.1, -0.05) is 6.07 Å². The Balaban J connectivity index is 1.24. The first-order chi connectivity index (χ1) is 22.8. The molecule has 3 aromatic rings. The number of anilines is 3. The highest BCUT2D eigenvalue weighted by atomic mass is 16.5. The van der Waals surface area contributed by atoms with Crippen molar-refractivity contribution in [1.82, 2.24) is 29.5 Å². The second-order valence-electron chi connectivity index (χ2n) is 13.6. The normalized spacial score (nSPS) is 23.6. The van der Waals surface area contributed by atoms with E-state index in [4.69, 9.17) is 19.8 Å². The number of fused-ring (bicyclic) bond motifs is 2. The Labute approximate surface area is 276 Å². The molecule has 6 heterocycles. The van der Waals surface area contributed by atoms with Gasteiger partial charge >= 0.3 is 6.09 Å². The summed E-state index contributed by atoms with van der Waals surface area (Å²) in [4.78, 5) is 33.0. The fraction of sp³-hybridized carbons (Fsp3) is 0.618. The third-order valence-corrected chi connectivity index (χ3v) is 10.6. The van der Waals surface area contributed by atoms with E-state index >= 15 is 0 Å². The molecule has 0 aliphatic carbocycles. The van der Waals surface area contributed by atoms with Crippen molar-refractivity contribution in [2.45, 2.75) is 76.7 Å². The van der Waals surface area contributed by atoms with Gasteiger partial charge in [0.1, 0.15) is 5.82 Å². The topological polar surface area (TPSA) is 130 Å². The van der Waals surface area contributed by atoms with Gasteiger partial charge < -0.3 is 34.3 Å². The Morgan fingerprint density at radius 3 is 2.72 bits per heavy atom. The van der Waals surface area contributed by atoms with E-state index in [9.17, 15) is 15.2 Å². The molecule has 47 heavy (non-hydrogen) atoms. The zero-order chi connectivity index (χ0) is 32.7. The Hall–Kier alpha value is -4.15. The maximum absolute atomic E-state index is 12.0. The molecule has 0 saturated carbocycles. The van der Waals surface area contributed by atoms with E-state index in [1.807, 2.05) is 6.20 Å². The Bertz CT molecular complexity index is 1660. The van der Waals surface area contributed by atoms with Crippen LogP contribution in [0, 0.1) is 18.3 Å². The monoisotopic (exact) mass is 642 g/mol. The predicted molar refractivity (Wildman–Crippen MR) is 180 cm³/mol. The lowest BCUT2D eigenvalue weighted by molar-refractivity contribution is -0.0366. The number of aryl methyl sites for hydroxylation is 1. The van der Waals surface area contributed by atoms with Crippen molar-refractivity contribution in [3.8, 4) is 6.07 Å². The second kappa shape index (κ2) is 13.2. The molecule has 2 aromatic heterocycles. The molecule has 0 spiro atoms. The maximum atomic E-state index is 12.0. The summed E-state index contributed by atoms with van der Waals surface area (Å²) in [5, 5.41) is 25.3. The number of hydrogen-bond acceptors (Lipinski definition) is 10. The van der Waals surface area contributed by atoms with Gasteiger partial charge in [-0.3, -0.25) is 0 Å². The van der Waals surface area contributed by atoms with Gasteiger partial charge in [-0.05, 0) is 70.7 Å². The summed E-state index contributed by atoms with van der Waals surface area (Å²) >= 11 is 0. The van der Waals surface area contributed by atoms with Crippen LogP contribution in [0.1, 0.15) is 61.6 Å². The lowest BCUT2D eigenvalue weighted by Crippen LogP contribution is -2.55. The third kappa shape index (κ3) is 6.05. The average molecular weight is 643 g/mol. The molecule has 1 aromatic carbocycles. The Morgan fingerprint density at radius 1 is 1.11 bits per heavy atom. The van der Waals surface area contributed by atoms with E-state index < -0.39 is 12.1 Å². The number of likely N-dealkylation sites (tertiary alicyclic amines) is 1. The number of carbonyl (C=O) groups is 1. The van der Waals surface area contributed by atoms with Gasteiger partial charge in [0.05, 0.1) is 48.2 Å². The molecule has 4 aliphatic heterocycles. The van der Waals surface area contributed by atoms with Crippen LogP contribution in [-0.2, 0) is 17.7 Å². The minimum atomic E-state index is -0.978. The number of ether oxygens (including phenoxy) is 1. The van der Waals surface area contributed by atoms with Gasteiger partial charge in [0, 0.05) is 63.4 Å². The molecule has 1 amide bonds. The first-order valence-corrected chi connectivity index (χ1v) is 17.1. The predicted octanol–water partition coefficient (Wildman–Crippen LogP) is 4.01. The van der Waals surface area contributed by atoms with E-state index in [0.717, 1.165) is 86.3 Å². The van der Waals surface area contributed by atoms with Crippen molar-refractivity contribution in [2.24, 2.45) is 0 Å². The fourth-order valence-corrected chi connectivity index (χ4v) is 7.99.